The monoisotopic (exact) mass is 321 g/mol. The number of benzene rings is 1. The number of aromatic amines is 2. The molecule has 3 aromatic rings. The molecule has 0 saturated carbocycles. The second-order valence-corrected chi connectivity index (χ2v) is 6.17. The summed E-state index contributed by atoms with van der Waals surface area (Å²) in [7, 11) is 0. The van der Waals surface area contributed by atoms with Gasteiger partial charge in [0.1, 0.15) is 5.82 Å². The van der Waals surface area contributed by atoms with Crippen molar-refractivity contribution in [3.05, 3.63) is 69.5 Å². The molecular weight excluding hydrogens is 302 g/mol. The van der Waals surface area contributed by atoms with Crippen LogP contribution in [0, 0.1) is 6.92 Å². The van der Waals surface area contributed by atoms with Crippen LogP contribution in [-0.2, 0) is 19.5 Å². The summed E-state index contributed by atoms with van der Waals surface area (Å²) in [5.74, 6) is 0.688. The van der Waals surface area contributed by atoms with Gasteiger partial charge in [0.2, 0.25) is 0 Å². The van der Waals surface area contributed by atoms with E-state index in [1.807, 2.05) is 31.3 Å². The van der Waals surface area contributed by atoms with Crippen LogP contribution < -0.4 is 5.56 Å². The lowest BCUT2D eigenvalue weighted by Gasteiger charge is -2.27. The van der Waals surface area contributed by atoms with E-state index in [1.165, 1.54) is 0 Å². The summed E-state index contributed by atoms with van der Waals surface area (Å²) in [5.41, 5.74) is 5.01. The maximum Gasteiger partial charge on any atom is 0.255 e. The third kappa shape index (κ3) is 2.76. The van der Waals surface area contributed by atoms with E-state index >= 15 is 0 Å². The lowest BCUT2D eigenvalue weighted by atomic mass is 10.0. The van der Waals surface area contributed by atoms with E-state index in [2.05, 4.69) is 37.2 Å². The summed E-state index contributed by atoms with van der Waals surface area (Å²) >= 11 is 0. The molecule has 0 fully saturated rings. The summed E-state index contributed by atoms with van der Waals surface area (Å²) in [6, 6.07) is 10.2. The summed E-state index contributed by atoms with van der Waals surface area (Å²) in [5, 5.41) is 7.30. The highest BCUT2D eigenvalue weighted by Gasteiger charge is 2.22. The Morgan fingerprint density at radius 3 is 2.92 bits per heavy atom. The zero-order chi connectivity index (χ0) is 16.5. The van der Waals surface area contributed by atoms with Crippen LogP contribution in [0.4, 0.5) is 0 Å². The van der Waals surface area contributed by atoms with Crippen LogP contribution in [-0.4, -0.2) is 31.6 Å². The van der Waals surface area contributed by atoms with Gasteiger partial charge >= 0.3 is 0 Å². The van der Waals surface area contributed by atoms with Crippen LogP contribution in [0.2, 0.25) is 0 Å². The molecular formula is C18H19N5O. The first-order valence-electron chi connectivity index (χ1n) is 8.09. The largest absolute Gasteiger partial charge is 0.310 e. The molecule has 4 rings (SSSR count). The number of nitrogens with zero attached hydrogens (tertiary/aromatic N) is 3. The Labute approximate surface area is 139 Å². The molecule has 122 valence electrons. The van der Waals surface area contributed by atoms with E-state index in [9.17, 15) is 4.79 Å². The standard InChI is InChI=1S/C18H19N5O/c1-12-20-16-7-8-23(11-15(16)18(24)21-12)10-14-9-19-22-17(14)13-5-3-2-4-6-13/h2-6,9H,7-8,10-11H2,1H3,(H,19,22)(H,20,21,24). The minimum absolute atomic E-state index is 0.0160. The van der Waals surface area contributed by atoms with Crippen LogP contribution in [0.3, 0.4) is 0 Å². The van der Waals surface area contributed by atoms with Gasteiger partial charge in [-0.3, -0.25) is 14.8 Å². The molecule has 0 radical (unpaired) electrons. The van der Waals surface area contributed by atoms with Gasteiger partial charge in [-0.05, 0) is 12.5 Å². The lowest BCUT2D eigenvalue weighted by molar-refractivity contribution is 0.242. The zero-order valence-electron chi connectivity index (χ0n) is 13.5. The fourth-order valence-electron chi connectivity index (χ4n) is 3.27. The average Bonchev–Trinajstić information content (AvgIpc) is 3.04. The number of nitrogens with one attached hydrogen (secondary N) is 2. The number of fused-ring (bicyclic) bond motifs is 1. The molecule has 0 spiro atoms. The first-order valence-corrected chi connectivity index (χ1v) is 8.09. The summed E-state index contributed by atoms with van der Waals surface area (Å²) in [4.78, 5) is 21.7. The molecule has 0 aliphatic carbocycles. The van der Waals surface area contributed by atoms with Crippen LogP contribution in [0.25, 0.3) is 11.3 Å². The van der Waals surface area contributed by atoms with Gasteiger partial charge in [0.05, 0.1) is 23.1 Å². The Morgan fingerprint density at radius 1 is 1.25 bits per heavy atom. The number of aromatic nitrogens is 4. The van der Waals surface area contributed by atoms with Gasteiger partial charge in [-0.15, -0.1) is 0 Å². The first-order chi connectivity index (χ1) is 11.7. The first kappa shape index (κ1) is 14.8. The minimum Gasteiger partial charge on any atom is -0.310 e. The molecule has 24 heavy (non-hydrogen) atoms. The summed E-state index contributed by atoms with van der Waals surface area (Å²) < 4.78 is 0. The second kappa shape index (κ2) is 6.05. The van der Waals surface area contributed by atoms with Crippen molar-refractivity contribution in [3.63, 3.8) is 0 Å². The van der Waals surface area contributed by atoms with Crippen LogP contribution >= 0.6 is 0 Å². The van der Waals surface area contributed by atoms with Gasteiger partial charge in [-0.2, -0.15) is 5.10 Å². The number of rotatable bonds is 3. The molecule has 0 unspecified atom stereocenters. The fraction of sp³-hybridized carbons (Fsp3) is 0.278. The Hall–Kier alpha value is -2.73. The highest BCUT2D eigenvalue weighted by Crippen LogP contribution is 2.23. The molecule has 2 aromatic heterocycles. The van der Waals surface area contributed by atoms with Gasteiger partial charge in [0, 0.05) is 31.6 Å². The number of aryl methyl sites for hydroxylation is 1. The Bertz CT molecular complexity index is 913. The smallest absolute Gasteiger partial charge is 0.255 e. The van der Waals surface area contributed by atoms with Crippen molar-refractivity contribution in [2.45, 2.75) is 26.4 Å². The maximum absolute atomic E-state index is 12.2. The van der Waals surface area contributed by atoms with Gasteiger partial charge in [-0.1, -0.05) is 30.3 Å². The van der Waals surface area contributed by atoms with Crippen molar-refractivity contribution in [1.82, 2.24) is 25.1 Å². The van der Waals surface area contributed by atoms with Gasteiger partial charge < -0.3 is 4.98 Å². The normalized spacial score (nSPS) is 14.5. The molecule has 0 amide bonds. The molecule has 0 saturated heterocycles. The van der Waals surface area contributed by atoms with Crippen LogP contribution in [0.15, 0.2) is 41.3 Å². The second-order valence-electron chi connectivity index (χ2n) is 6.17. The van der Waals surface area contributed by atoms with Crippen molar-refractivity contribution >= 4 is 0 Å². The maximum atomic E-state index is 12.2. The highest BCUT2D eigenvalue weighted by molar-refractivity contribution is 5.62. The molecule has 2 N–H and O–H groups in total. The third-order valence-corrected chi connectivity index (χ3v) is 4.44. The molecule has 1 aliphatic rings. The molecule has 6 heteroatoms. The predicted octanol–water partition coefficient (Wildman–Crippen LogP) is 2.03. The van der Waals surface area contributed by atoms with Crippen molar-refractivity contribution in [3.8, 4) is 11.3 Å². The summed E-state index contributed by atoms with van der Waals surface area (Å²) in [6.45, 7) is 4.10. The molecule has 0 atom stereocenters. The molecule has 1 aromatic carbocycles. The quantitative estimate of drug-likeness (QED) is 0.774. The van der Waals surface area contributed by atoms with E-state index in [1.54, 1.807) is 0 Å². The van der Waals surface area contributed by atoms with Crippen molar-refractivity contribution in [1.29, 1.82) is 0 Å². The van der Waals surface area contributed by atoms with E-state index in [0.717, 1.165) is 47.6 Å². The molecule has 6 nitrogen and oxygen atoms in total. The lowest BCUT2D eigenvalue weighted by Crippen LogP contribution is -2.35. The van der Waals surface area contributed by atoms with Gasteiger partial charge in [0.25, 0.3) is 5.56 Å². The highest BCUT2D eigenvalue weighted by atomic mass is 16.1. The van der Waals surface area contributed by atoms with E-state index in [0.29, 0.717) is 12.4 Å². The topological polar surface area (TPSA) is 77.7 Å². The fourth-order valence-corrected chi connectivity index (χ4v) is 3.27. The number of hydrogen-bond donors (Lipinski definition) is 2. The SMILES string of the molecule is Cc1nc2c(c(=O)[nH]1)CN(Cc1cn[nH]c1-c1ccccc1)CC2. The number of hydrogen-bond acceptors (Lipinski definition) is 4. The van der Waals surface area contributed by atoms with Gasteiger partial charge in [-0.25, -0.2) is 4.98 Å². The minimum atomic E-state index is -0.0160. The third-order valence-electron chi connectivity index (χ3n) is 4.44. The Morgan fingerprint density at radius 2 is 2.08 bits per heavy atom. The Balaban J connectivity index is 1.58. The molecule has 3 heterocycles. The summed E-state index contributed by atoms with van der Waals surface area (Å²) in [6.07, 6.45) is 2.67. The number of H-pyrrole nitrogens is 2. The molecule has 0 bridgehead atoms. The van der Waals surface area contributed by atoms with Gasteiger partial charge in [0.15, 0.2) is 0 Å². The van der Waals surface area contributed by atoms with E-state index in [4.69, 9.17) is 0 Å². The Kier molecular flexibility index (Phi) is 3.74. The van der Waals surface area contributed by atoms with Crippen LogP contribution in [0.1, 0.15) is 22.6 Å². The van der Waals surface area contributed by atoms with Crippen molar-refractivity contribution < 1.29 is 0 Å². The van der Waals surface area contributed by atoms with E-state index in [-0.39, 0.29) is 5.56 Å². The van der Waals surface area contributed by atoms with Crippen LogP contribution in [0.5, 0.6) is 0 Å². The van der Waals surface area contributed by atoms with Crippen molar-refractivity contribution in [2.75, 3.05) is 6.54 Å². The van der Waals surface area contributed by atoms with E-state index < -0.39 is 0 Å². The van der Waals surface area contributed by atoms with Crippen molar-refractivity contribution in [2.24, 2.45) is 0 Å². The average molecular weight is 321 g/mol. The zero-order valence-corrected chi connectivity index (χ0v) is 13.5. The molecule has 1 aliphatic heterocycles. The predicted molar refractivity (Wildman–Crippen MR) is 91.4 cm³/mol.